The number of hydrogen-bond donors (Lipinski definition) is 0. The molecular weight excluding hydrogens is 300 g/mol. The van der Waals surface area contributed by atoms with E-state index in [-0.39, 0.29) is 0 Å². The fourth-order valence-corrected chi connectivity index (χ4v) is 3.55. The van der Waals surface area contributed by atoms with Gasteiger partial charge in [0.15, 0.2) is 0 Å². The molecule has 0 saturated carbocycles. The Balaban J connectivity index is 1.46. The first-order chi connectivity index (χ1) is 11.8. The number of likely N-dealkylation sites (tertiary alicyclic amines) is 1. The lowest BCUT2D eigenvalue weighted by molar-refractivity contribution is 0.163. The van der Waals surface area contributed by atoms with Crippen LogP contribution in [0.3, 0.4) is 0 Å². The predicted molar refractivity (Wildman–Crippen MR) is 91.9 cm³/mol. The van der Waals surface area contributed by atoms with Crippen LogP contribution in [0.25, 0.3) is 5.69 Å². The molecule has 0 bridgehead atoms. The predicted octanol–water partition coefficient (Wildman–Crippen LogP) is 2.61. The lowest BCUT2D eigenvalue weighted by atomic mass is 10.0. The van der Waals surface area contributed by atoms with Crippen molar-refractivity contribution < 1.29 is 0 Å². The minimum atomic E-state index is 0.490. The smallest absolute Gasteiger partial charge is 0.138 e. The summed E-state index contributed by atoms with van der Waals surface area (Å²) < 4.78 is 3.92. The van der Waals surface area contributed by atoms with Crippen LogP contribution in [-0.4, -0.2) is 42.5 Å². The first-order valence-corrected chi connectivity index (χ1v) is 8.45. The van der Waals surface area contributed by atoms with Crippen LogP contribution in [-0.2, 0) is 6.54 Å². The normalized spacial score (nSPS) is 18.8. The molecule has 1 aliphatic heterocycles. The van der Waals surface area contributed by atoms with E-state index in [4.69, 9.17) is 0 Å². The van der Waals surface area contributed by atoms with Crippen molar-refractivity contribution in [2.75, 3.05) is 13.1 Å². The highest BCUT2D eigenvalue weighted by atomic mass is 15.3. The molecule has 6 heteroatoms. The van der Waals surface area contributed by atoms with Crippen molar-refractivity contribution in [3.05, 3.63) is 60.4 Å². The molecule has 4 rings (SSSR count). The molecule has 1 aromatic carbocycles. The average Bonchev–Trinajstić information content (AvgIpc) is 3.29. The van der Waals surface area contributed by atoms with Gasteiger partial charge in [-0.2, -0.15) is 10.2 Å². The van der Waals surface area contributed by atoms with Gasteiger partial charge in [-0.1, -0.05) is 12.1 Å². The molecule has 2 aromatic heterocycles. The number of benzene rings is 1. The van der Waals surface area contributed by atoms with Crippen molar-refractivity contribution in [1.82, 2.24) is 29.4 Å². The Morgan fingerprint density at radius 1 is 1.25 bits per heavy atom. The largest absolute Gasteiger partial charge is 0.297 e. The summed E-state index contributed by atoms with van der Waals surface area (Å²) in [6, 6.07) is 9.08. The number of piperidine rings is 1. The van der Waals surface area contributed by atoms with Crippen LogP contribution in [0.2, 0.25) is 0 Å². The van der Waals surface area contributed by atoms with E-state index < -0.39 is 0 Å². The summed E-state index contributed by atoms with van der Waals surface area (Å²) in [6.07, 6.45) is 9.68. The molecule has 0 unspecified atom stereocenters. The van der Waals surface area contributed by atoms with Crippen molar-refractivity contribution >= 4 is 0 Å². The molecule has 24 heavy (non-hydrogen) atoms. The second kappa shape index (κ2) is 6.57. The van der Waals surface area contributed by atoms with Crippen LogP contribution < -0.4 is 0 Å². The van der Waals surface area contributed by atoms with Gasteiger partial charge >= 0.3 is 0 Å². The molecule has 3 heterocycles. The van der Waals surface area contributed by atoms with Crippen molar-refractivity contribution in [2.24, 2.45) is 0 Å². The third-order valence-electron chi connectivity index (χ3n) is 4.71. The fourth-order valence-electron chi connectivity index (χ4n) is 3.55. The van der Waals surface area contributed by atoms with Crippen molar-refractivity contribution in [3.63, 3.8) is 0 Å². The third-order valence-corrected chi connectivity index (χ3v) is 4.71. The lowest BCUT2D eigenvalue weighted by Crippen LogP contribution is -2.36. The van der Waals surface area contributed by atoms with Crippen LogP contribution in [0.1, 0.15) is 30.0 Å². The first-order valence-electron chi connectivity index (χ1n) is 8.45. The summed E-state index contributed by atoms with van der Waals surface area (Å²) >= 11 is 0. The van der Waals surface area contributed by atoms with Crippen molar-refractivity contribution in [1.29, 1.82) is 0 Å². The van der Waals surface area contributed by atoms with E-state index in [1.807, 2.05) is 16.9 Å². The van der Waals surface area contributed by atoms with Gasteiger partial charge in [0.1, 0.15) is 12.7 Å². The molecule has 1 fully saturated rings. The van der Waals surface area contributed by atoms with Gasteiger partial charge in [-0.25, -0.2) is 9.67 Å². The molecule has 1 atom stereocenters. The minimum absolute atomic E-state index is 0.490. The molecule has 0 N–H and O–H groups in total. The first kappa shape index (κ1) is 15.1. The molecule has 124 valence electrons. The van der Waals surface area contributed by atoms with E-state index in [0.29, 0.717) is 6.04 Å². The minimum Gasteiger partial charge on any atom is -0.297 e. The van der Waals surface area contributed by atoms with Crippen LogP contribution in [0.4, 0.5) is 0 Å². The van der Waals surface area contributed by atoms with Crippen LogP contribution >= 0.6 is 0 Å². The Bertz CT molecular complexity index is 778. The molecule has 0 spiro atoms. The van der Waals surface area contributed by atoms with E-state index >= 15 is 0 Å². The summed E-state index contributed by atoms with van der Waals surface area (Å²) in [5, 5.41) is 8.63. The summed E-state index contributed by atoms with van der Waals surface area (Å²) in [5.41, 5.74) is 3.65. The zero-order chi connectivity index (χ0) is 16.4. The molecule has 1 aliphatic rings. The standard InChI is InChI=1S/C18H22N6/c1-15-10-16(5-6-18(15)24-14-19-13-21-24)11-22-8-2-4-17(12-22)23-9-3-7-20-23/h3,5-7,9-10,13-14,17H,2,4,8,11-12H2,1H3/t17-/m0/s1. The van der Waals surface area contributed by atoms with Gasteiger partial charge in [0.05, 0.1) is 11.7 Å². The lowest BCUT2D eigenvalue weighted by Gasteiger charge is -2.33. The Morgan fingerprint density at radius 3 is 2.96 bits per heavy atom. The van der Waals surface area contributed by atoms with Crippen molar-refractivity contribution in [3.8, 4) is 5.69 Å². The molecular formula is C18H22N6. The Kier molecular flexibility index (Phi) is 4.13. The zero-order valence-corrected chi connectivity index (χ0v) is 13.9. The highest BCUT2D eigenvalue weighted by Crippen LogP contribution is 2.23. The molecule has 0 amide bonds. The topological polar surface area (TPSA) is 51.8 Å². The molecule has 3 aromatic rings. The highest BCUT2D eigenvalue weighted by molar-refractivity contribution is 5.41. The summed E-state index contributed by atoms with van der Waals surface area (Å²) in [6.45, 7) is 5.33. The maximum atomic E-state index is 4.41. The van der Waals surface area contributed by atoms with E-state index in [1.165, 1.54) is 24.0 Å². The maximum Gasteiger partial charge on any atom is 0.138 e. The fraction of sp³-hybridized carbons (Fsp3) is 0.389. The van der Waals surface area contributed by atoms with Gasteiger partial charge in [0, 0.05) is 25.5 Å². The molecule has 1 saturated heterocycles. The second-order valence-corrected chi connectivity index (χ2v) is 6.48. The van der Waals surface area contributed by atoms with Gasteiger partial charge in [0.25, 0.3) is 0 Å². The molecule has 6 nitrogen and oxygen atoms in total. The number of aryl methyl sites for hydroxylation is 1. The van der Waals surface area contributed by atoms with Crippen LogP contribution in [0.5, 0.6) is 0 Å². The van der Waals surface area contributed by atoms with Gasteiger partial charge in [0.2, 0.25) is 0 Å². The van der Waals surface area contributed by atoms with E-state index in [9.17, 15) is 0 Å². The number of hydrogen-bond acceptors (Lipinski definition) is 4. The van der Waals surface area contributed by atoms with Crippen molar-refractivity contribution in [2.45, 2.75) is 32.4 Å². The van der Waals surface area contributed by atoms with E-state index in [0.717, 1.165) is 25.3 Å². The van der Waals surface area contributed by atoms with Gasteiger partial charge < -0.3 is 0 Å². The third kappa shape index (κ3) is 3.10. The van der Waals surface area contributed by atoms with E-state index in [1.54, 1.807) is 12.7 Å². The SMILES string of the molecule is Cc1cc(CN2CCC[C@H](n3cccn3)C2)ccc1-n1cncn1. The van der Waals surface area contributed by atoms with Gasteiger partial charge in [-0.3, -0.25) is 9.58 Å². The monoisotopic (exact) mass is 322 g/mol. The summed E-state index contributed by atoms with van der Waals surface area (Å²) in [7, 11) is 0. The van der Waals surface area contributed by atoms with Crippen LogP contribution in [0.15, 0.2) is 49.3 Å². The van der Waals surface area contributed by atoms with Gasteiger partial charge in [-0.05, 0) is 49.6 Å². The number of rotatable bonds is 4. The summed E-state index contributed by atoms with van der Waals surface area (Å²) in [4.78, 5) is 6.55. The Hall–Kier alpha value is -2.47. The second-order valence-electron chi connectivity index (χ2n) is 6.48. The Morgan fingerprint density at radius 2 is 2.21 bits per heavy atom. The summed E-state index contributed by atoms with van der Waals surface area (Å²) in [5.74, 6) is 0. The highest BCUT2D eigenvalue weighted by Gasteiger charge is 2.21. The molecule has 0 radical (unpaired) electrons. The quantitative estimate of drug-likeness (QED) is 0.741. The van der Waals surface area contributed by atoms with E-state index in [2.05, 4.69) is 56.1 Å². The molecule has 0 aliphatic carbocycles. The maximum absolute atomic E-state index is 4.41. The number of nitrogens with zero attached hydrogens (tertiary/aromatic N) is 6. The van der Waals surface area contributed by atoms with Gasteiger partial charge in [-0.15, -0.1) is 0 Å². The average molecular weight is 322 g/mol. The zero-order valence-electron chi connectivity index (χ0n) is 13.9. The number of aromatic nitrogens is 5. The van der Waals surface area contributed by atoms with Crippen LogP contribution in [0, 0.1) is 6.92 Å². The Labute approximate surface area is 141 Å².